The minimum absolute atomic E-state index is 0.172. The van der Waals surface area contributed by atoms with Gasteiger partial charge in [0.25, 0.3) is 0 Å². The molecule has 4 amide bonds. The lowest BCUT2D eigenvalue weighted by Gasteiger charge is -2.46. The molecule has 1 aliphatic heterocycles. The Bertz CT molecular complexity index is 1370. The molecule has 0 radical (unpaired) electrons. The minimum atomic E-state index is -0.241. The maximum atomic E-state index is 14.1. The third-order valence-electron chi connectivity index (χ3n) is 7.02. The van der Waals surface area contributed by atoms with Gasteiger partial charge in [0, 0.05) is 35.2 Å². The first-order valence-electron chi connectivity index (χ1n) is 13.2. The van der Waals surface area contributed by atoms with Crippen molar-refractivity contribution in [2.45, 2.75) is 25.9 Å². The van der Waals surface area contributed by atoms with Gasteiger partial charge in [0.15, 0.2) is 0 Å². The molecule has 4 aromatic rings. The second-order valence-corrected chi connectivity index (χ2v) is 10.7. The van der Waals surface area contributed by atoms with Gasteiger partial charge in [-0.25, -0.2) is 9.59 Å². The molecular formula is C32H30Cl2N4O2. The minimum Gasteiger partial charge on any atom is -0.318 e. The Morgan fingerprint density at radius 2 is 0.925 bits per heavy atom. The van der Waals surface area contributed by atoms with E-state index in [1.165, 1.54) is 0 Å². The molecule has 1 heterocycles. The molecule has 1 fully saturated rings. The highest BCUT2D eigenvalue weighted by Gasteiger charge is 2.39. The van der Waals surface area contributed by atoms with Gasteiger partial charge in [0.05, 0.1) is 22.7 Å². The Balaban J connectivity index is 1.43. The van der Waals surface area contributed by atoms with Gasteiger partial charge in [-0.05, 0) is 74.5 Å². The van der Waals surface area contributed by atoms with E-state index in [9.17, 15) is 9.59 Å². The lowest BCUT2D eigenvalue weighted by atomic mass is 10.1. The van der Waals surface area contributed by atoms with Crippen molar-refractivity contribution < 1.29 is 9.59 Å². The highest BCUT2D eigenvalue weighted by molar-refractivity contribution is 6.31. The Kier molecular flexibility index (Phi) is 8.29. The van der Waals surface area contributed by atoms with Crippen molar-refractivity contribution in [3.05, 3.63) is 119 Å². The standard InChI is InChI=1S/C32H30Cl2N4O2/c1-23-21-36(32(40)38(28-15-7-4-8-16-28)30-18-10-12-26(34)20-30)24(2)22-35(23)31(39)37(27-13-5-3-6-14-27)29-17-9-11-25(33)19-29/h3-20,23-24H,21-22H2,1-2H3/t23-,24+. The van der Waals surface area contributed by atoms with Gasteiger partial charge in [-0.3, -0.25) is 9.80 Å². The Labute approximate surface area is 244 Å². The van der Waals surface area contributed by atoms with E-state index in [0.29, 0.717) is 34.5 Å². The largest absolute Gasteiger partial charge is 0.329 e. The number of nitrogens with zero attached hydrogens (tertiary/aromatic N) is 4. The average molecular weight is 574 g/mol. The number of anilines is 4. The first-order valence-corrected chi connectivity index (χ1v) is 13.9. The number of carbonyl (C=O) groups is 2. The third kappa shape index (κ3) is 5.79. The predicted octanol–water partition coefficient (Wildman–Crippen LogP) is 8.60. The fraction of sp³-hybridized carbons (Fsp3) is 0.188. The van der Waals surface area contributed by atoms with Crippen molar-refractivity contribution in [3.8, 4) is 0 Å². The van der Waals surface area contributed by atoms with E-state index in [0.717, 1.165) is 11.4 Å². The van der Waals surface area contributed by atoms with Crippen molar-refractivity contribution in [3.63, 3.8) is 0 Å². The van der Waals surface area contributed by atoms with Crippen LogP contribution in [0.4, 0.5) is 32.3 Å². The summed E-state index contributed by atoms with van der Waals surface area (Å²) in [4.78, 5) is 35.3. The highest BCUT2D eigenvalue weighted by Crippen LogP contribution is 2.33. The molecule has 0 bridgehead atoms. The summed E-state index contributed by atoms with van der Waals surface area (Å²) in [6, 6.07) is 32.7. The molecule has 1 aliphatic rings. The average Bonchev–Trinajstić information content (AvgIpc) is 2.95. The van der Waals surface area contributed by atoms with E-state index in [4.69, 9.17) is 23.2 Å². The summed E-state index contributed by atoms with van der Waals surface area (Å²) in [5.74, 6) is 0. The summed E-state index contributed by atoms with van der Waals surface area (Å²) in [6.07, 6.45) is 0. The quantitative estimate of drug-likeness (QED) is 0.246. The molecule has 40 heavy (non-hydrogen) atoms. The van der Waals surface area contributed by atoms with Crippen molar-refractivity contribution >= 4 is 58.0 Å². The molecule has 0 spiro atoms. The van der Waals surface area contributed by atoms with Gasteiger partial charge < -0.3 is 9.80 Å². The summed E-state index contributed by atoms with van der Waals surface area (Å²) >= 11 is 12.6. The van der Waals surface area contributed by atoms with E-state index < -0.39 is 0 Å². The van der Waals surface area contributed by atoms with E-state index in [-0.39, 0.29) is 24.1 Å². The molecule has 0 aromatic heterocycles. The van der Waals surface area contributed by atoms with Crippen LogP contribution in [-0.2, 0) is 0 Å². The smallest absolute Gasteiger partial charge is 0.318 e. The molecule has 0 unspecified atom stereocenters. The number of benzene rings is 4. The summed E-state index contributed by atoms with van der Waals surface area (Å²) in [5.41, 5.74) is 2.84. The fourth-order valence-corrected chi connectivity index (χ4v) is 5.41. The second kappa shape index (κ2) is 12.0. The molecule has 0 saturated carbocycles. The number of para-hydroxylation sites is 2. The normalized spacial score (nSPS) is 16.9. The summed E-state index contributed by atoms with van der Waals surface area (Å²) in [5, 5.41) is 1.09. The number of halogens is 2. The fourth-order valence-electron chi connectivity index (χ4n) is 5.04. The van der Waals surface area contributed by atoms with Gasteiger partial charge in [-0.2, -0.15) is 0 Å². The van der Waals surface area contributed by atoms with Gasteiger partial charge in [0.2, 0.25) is 0 Å². The van der Waals surface area contributed by atoms with E-state index in [2.05, 4.69) is 0 Å². The van der Waals surface area contributed by atoms with E-state index >= 15 is 0 Å². The summed E-state index contributed by atoms with van der Waals surface area (Å²) in [6.45, 7) is 4.68. The SMILES string of the molecule is C[C@@H]1CN(C(=O)N(c2ccccc2)c2cccc(Cl)c2)[C@@H](C)CN1C(=O)N(c1ccccc1)c1cccc(Cl)c1. The lowest BCUT2D eigenvalue weighted by molar-refractivity contribution is 0.0882. The van der Waals surface area contributed by atoms with Crippen LogP contribution in [0.2, 0.25) is 10.0 Å². The van der Waals surface area contributed by atoms with Crippen molar-refractivity contribution in [1.29, 1.82) is 0 Å². The molecule has 204 valence electrons. The molecular weight excluding hydrogens is 543 g/mol. The van der Waals surface area contributed by atoms with Crippen molar-refractivity contribution in [2.75, 3.05) is 22.9 Å². The van der Waals surface area contributed by atoms with Gasteiger partial charge in [-0.15, -0.1) is 0 Å². The van der Waals surface area contributed by atoms with Crippen LogP contribution >= 0.6 is 23.2 Å². The van der Waals surface area contributed by atoms with E-state index in [1.54, 1.807) is 34.1 Å². The van der Waals surface area contributed by atoms with Gasteiger partial charge in [0.1, 0.15) is 0 Å². The first-order chi connectivity index (χ1) is 19.3. The van der Waals surface area contributed by atoms with Crippen LogP contribution in [0.1, 0.15) is 13.8 Å². The molecule has 5 rings (SSSR count). The molecule has 2 atom stereocenters. The van der Waals surface area contributed by atoms with Crippen molar-refractivity contribution in [2.24, 2.45) is 0 Å². The number of rotatable bonds is 4. The molecule has 4 aromatic carbocycles. The summed E-state index contributed by atoms with van der Waals surface area (Å²) in [7, 11) is 0. The van der Waals surface area contributed by atoms with Crippen LogP contribution in [0.25, 0.3) is 0 Å². The van der Waals surface area contributed by atoms with Crippen molar-refractivity contribution in [1.82, 2.24) is 9.80 Å². The number of amides is 4. The van der Waals surface area contributed by atoms with Gasteiger partial charge >= 0.3 is 12.1 Å². The molecule has 8 heteroatoms. The maximum absolute atomic E-state index is 14.1. The number of piperazine rings is 1. The maximum Gasteiger partial charge on any atom is 0.329 e. The summed E-state index contributed by atoms with van der Waals surface area (Å²) < 4.78 is 0. The zero-order valence-corrected chi connectivity index (χ0v) is 23.8. The Hall–Kier alpha value is -4.00. The van der Waals surface area contributed by atoms with Crippen LogP contribution in [-0.4, -0.2) is 47.0 Å². The molecule has 6 nitrogen and oxygen atoms in total. The van der Waals surface area contributed by atoms with E-state index in [1.807, 2.05) is 109 Å². The number of carbonyl (C=O) groups excluding carboxylic acids is 2. The third-order valence-corrected chi connectivity index (χ3v) is 7.49. The monoisotopic (exact) mass is 572 g/mol. The molecule has 0 N–H and O–H groups in total. The Morgan fingerprint density at radius 3 is 1.27 bits per heavy atom. The highest BCUT2D eigenvalue weighted by atomic mass is 35.5. The predicted molar refractivity (Wildman–Crippen MR) is 163 cm³/mol. The van der Waals surface area contributed by atoms with Crippen LogP contribution in [0.15, 0.2) is 109 Å². The zero-order chi connectivity index (χ0) is 28.2. The van der Waals surface area contributed by atoms with Crippen LogP contribution < -0.4 is 9.80 Å². The Morgan fingerprint density at radius 1 is 0.575 bits per heavy atom. The zero-order valence-electron chi connectivity index (χ0n) is 22.3. The topological polar surface area (TPSA) is 47.1 Å². The first kappa shape index (κ1) is 27.6. The van der Waals surface area contributed by atoms with Crippen LogP contribution in [0.5, 0.6) is 0 Å². The molecule has 1 saturated heterocycles. The number of hydrogen-bond acceptors (Lipinski definition) is 2. The number of hydrogen-bond donors (Lipinski definition) is 0. The second-order valence-electron chi connectivity index (χ2n) is 9.87. The van der Waals surface area contributed by atoms with Crippen LogP contribution in [0, 0.1) is 0 Å². The van der Waals surface area contributed by atoms with Gasteiger partial charge in [-0.1, -0.05) is 71.7 Å². The molecule has 0 aliphatic carbocycles. The lowest BCUT2D eigenvalue weighted by Crippen LogP contribution is -2.62. The number of urea groups is 2. The van der Waals surface area contributed by atoms with Crippen LogP contribution in [0.3, 0.4) is 0 Å².